The quantitative estimate of drug-likeness (QED) is 0.589. The highest BCUT2D eigenvalue weighted by Crippen LogP contribution is 2.46. The number of halogens is 2. The zero-order valence-electron chi connectivity index (χ0n) is 14.4. The Morgan fingerprint density at radius 3 is 2.46 bits per heavy atom. The van der Waals surface area contributed by atoms with Gasteiger partial charge in [0.05, 0.1) is 22.5 Å². The lowest BCUT2D eigenvalue weighted by molar-refractivity contribution is -0.122. The number of fused-ring (bicyclic) bond motifs is 1. The van der Waals surface area contributed by atoms with Crippen molar-refractivity contribution in [3.8, 4) is 0 Å². The predicted molar refractivity (Wildman–Crippen MR) is 106 cm³/mol. The maximum absolute atomic E-state index is 13.1. The Morgan fingerprint density at radius 1 is 1.04 bits per heavy atom. The number of hydrogen-bond acceptors (Lipinski definition) is 2. The van der Waals surface area contributed by atoms with Gasteiger partial charge in [-0.3, -0.25) is 9.59 Å². The molecule has 3 atom stereocenters. The van der Waals surface area contributed by atoms with Gasteiger partial charge in [0, 0.05) is 4.47 Å². The zero-order valence-corrected chi connectivity index (χ0v) is 16.8. The molecule has 26 heavy (non-hydrogen) atoms. The molecule has 2 aliphatic rings. The van der Waals surface area contributed by atoms with E-state index in [0.29, 0.717) is 16.6 Å². The number of anilines is 1. The Labute approximate surface area is 166 Å². The van der Waals surface area contributed by atoms with Crippen molar-refractivity contribution in [1.29, 1.82) is 0 Å². The van der Waals surface area contributed by atoms with Crippen molar-refractivity contribution < 1.29 is 9.59 Å². The van der Waals surface area contributed by atoms with Gasteiger partial charge >= 0.3 is 0 Å². The number of carbonyl (C=O) groups excluding carboxylic acids is 2. The van der Waals surface area contributed by atoms with Crippen LogP contribution in [0.25, 0.3) is 0 Å². The van der Waals surface area contributed by atoms with E-state index in [4.69, 9.17) is 11.6 Å². The van der Waals surface area contributed by atoms with Gasteiger partial charge in [-0.1, -0.05) is 41.9 Å². The average molecular weight is 433 g/mol. The molecule has 2 aromatic carbocycles. The fourth-order valence-corrected chi connectivity index (χ4v) is 4.94. The highest BCUT2D eigenvalue weighted by molar-refractivity contribution is 9.10. The van der Waals surface area contributed by atoms with Crippen molar-refractivity contribution in [2.75, 3.05) is 4.90 Å². The van der Waals surface area contributed by atoms with E-state index in [9.17, 15) is 9.59 Å². The molecule has 2 aromatic rings. The molecule has 0 unspecified atom stereocenters. The van der Waals surface area contributed by atoms with Gasteiger partial charge in [-0.25, -0.2) is 4.90 Å². The smallest absolute Gasteiger partial charge is 0.237 e. The van der Waals surface area contributed by atoms with Gasteiger partial charge in [-0.05, 0) is 71.3 Å². The molecular formula is C21H19BrClNO2. The van der Waals surface area contributed by atoms with Gasteiger partial charge in [0.25, 0.3) is 0 Å². The first-order valence-corrected chi connectivity index (χ1v) is 10.0. The SMILES string of the molecule is Cc1cc(Br)c(Cl)cc1N1C(=O)[C@H]2C[C@H](c3ccccc3)CC[C@H]2C1=O. The van der Waals surface area contributed by atoms with Crippen LogP contribution in [0.5, 0.6) is 0 Å². The van der Waals surface area contributed by atoms with Crippen molar-refractivity contribution in [1.82, 2.24) is 0 Å². The Balaban J connectivity index is 1.65. The zero-order chi connectivity index (χ0) is 18.4. The number of imide groups is 1. The van der Waals surface area contributed by atoms with Crippen molar-refractivity contribution in [3.63, 3.8) is 0 Å². The lowest BCUT2D eigenvalue weighted by Crippen LogP contribution is -2.31. The van der Waals surface area contributed by atoms with Crippen LogP contribution < -0.4 is 4.90 Å². The summed E-state index contributed by atoms with van der Waals surface area (Å²) in [6, 6.07) is 13.9. The summed E-state index contributed by atoms with van der Waals surface area (Å²) in [5, 5.41) is 0.503. The molecule has 1 heterocycles. The Kier molecular flexibility index (Phi) is 4.66. The van der Waals surface area contributed by atoms with E-state index in [1.54, 1.807) is 6.07 Å². The molecule has 0 radical (unpaired) electrons. The van der Waals surface area contributed by atoms with Crippen LogP contribution >= 0.6 is 27.5 Å². The number of carbonyl (C=O) groups is 2. The fourth-order valence-electron chi connectivity index (χ4n) is 4.32. The van der Waals surface area contributed by atoms with Crippen LogP contribution in [0, 0.1) is 18.8 Å². The summed E-state index contributed by atoms with van der Waals surface area (Å²) in [6.45, 7) is 1.89. The minimum absolute atomic E-state index is 0.0759. The summed E-state index contributed by atoms with van der Waals surface area (Å²) in [5.74, 6) is -0.258. The molecule has 0 bridgehead atoms. The van der Waals surface area contributed by atoms with Crippen LogP contribution in [-0.4, -0.2) is 11.8 Å². The maximum atomic E-state index is 13.1. The lowest BCUT2D eigenvalue weighted by atomic mass is 9.73. The van der Waals surface area contributed by atoms with Crippen LogP contribution in [0.3, 0.4) is 0 Å². The number of rotatable bonds is 2. The molecule has 1 aliphatic carbocycles. The lowest BCUT2D eigenvalue weighted by Gasteiger charge is -2.28. The van der Waals surface area contributed by atoms with Crippen LogP contribution in [0.2, 0.25) is 5.02 Å². The first kappa shape index (κ1) is 17.7. The molecule has 2 amide bonds. The minimum Gasteiger partial charge on any atom is -0.274 e. The molecule has 134 valence electrons. The molecule has 0 N–H and O–H groups in total. The van der Waals surface area contributed by atoms with Gasteiger partial charge < -0.3 is 0 Å². The van der Waals surface area contributed by atoms with E-state index >= 15 is 0 Å². The normalized spacial score (nSPS) is 25.5. The summed E-state index contributed by atoms with van der Waals surface area (Å²) >= 11 is 9.61. The van der Waals surface area contributed by atoms with E-state index in [1.165, 1.54) is 10.5 Å². The van der Waals surface area contributed by atoms with E-state index < -0.39 is 0 Å². The van der Waals surface area contributed by atoms with Gasteiger partial charge in [0.1, 0.15) is 0 Å². The number of hydrogen-bond donors (Lipinski definition) is 0. The van der Waals surface area contributed by atoms with Crippen LogP contribution in [0.15, 0.2) is 46.9 Å². The third-order valence-electron chi connectivity index (χ3n) is 5.68. The van der Waals surface area contributed by atoms with Crippen LogP contribution in [0.1, 0.15) is 36.3 Å². The van der Waals surface area contributed by atoms with Gasteiger partial charge in [-0.2, -0.15) is 0 Å². The molecular weight excluding hydrogens is 414 g/mol. The maximum Gasteiger partial charge on any atom is 0.237 e. The summed E-state index contributed by atoms with van der Waals surface area (Å²) in [6.07, 6.45) is 2.44. The number of amides is 2. The summed E-state index contributed by atoms with van der Waals surface area (Å²) < 4.78 is 0.765. The largest absolute Gasteiger partial charge is 0.274 e. The van der Waals surface area contributed by atoms with E-state index in [-0.39, 0.29) is 23.7 Å². The molecule has 1 saturated carbocycles. The highest BCUT2D eigenvalue weighted by atomic mass is 79.9. The van der Waals surface area contributed by atoms with Gasteiger partial charge in [0.2, 0.25) is 11.8 Å². The molecule has 1 aliphatic heterocycles. The second kappa shape index (κ2) is 6.82. The molecule has 4 rings (SSSR count). The summed E-state index contributed by atoms with van der Waals surface area (Å²) in [5.41, 5.74) is 2.73. The van der Waals surface area contributed by atoms with Crippen molar-refractivity contribution in [2.24, 2.45) is 11.8 Å². The monoisotopic (exact) mass is 431 g/mol. The van der Waals surface area contributed by atoms with Crippen LogP contribution in [-0.2, 0) is 9.59 Å². The topological polar surface area (TPSA) is 37.4 Å². The highest BCUT2D eigenvalue weighted by Gasteiger charge is 2.51. The predicted octanol–water partition coefficient (Wildman–Crippen LogP) is 5.48. The molecule has 2 fully saturated rings. The number of benzene rings is 2. The first-order valence-electron chi connectivity index (χ1n) is 8.85. The van der Waals surface area contributed by atoms with Gasteiger partial charge in [0.15, 0.2) is 0 Å². The van der Waals surface area contributed by atoms with E-state index in [1.807, 2.05) is 31.2 Å². The summed E-state index contributed by atoms with van der Waals surface area (Å²) in [7, 11) is 0. The molecule has 5 heteroatoms. The van der Waals surface area contributed by atoms with Gasteiger partial charge in [-0.15, -0.1) is 0 Å². The number of nitrogens with zero attached hydrogens (tertiary/aromatic N) is 1. The Hall–Kier alpha value is -1.65. The second-order valence-corrected chi connectivity index (χ2v) is 8.46. The summed E-state index contributed by atoms with van der Waals surface area (Å²) in [4.78, 5) is 27.5. The van der Waals surface area contributed by atoms with E-state index in [0.717, 1.165) is 29.3 Å². The van der Waals surface area contributed by atoms with Crippen molar-refractivity contribution >= 4 is 45.0 Å². The molecule has 1 saturated heterocycles. The average Bonchev–Trinajstić information content (AvgIpc) is 2.89. The Bertz CT molecular complexity index is 883. The van der Waals surface area contributed by atoms with Crippen molar-refractivity contribution in [3.05, 3.63) is 63.1 Å². The standard InChI is InChI=1S/C21H19BrClNO2/c1-12-9-17(22)18(23)11-19(12)24-20(25)15-8-7-14(10-16(15)21(24)26)13-5-3-2-4-6-13/h2-6,9,11,14-16H,7-8,10H2,1H3/t14-,15-,16+/m1/s1. The van der Waals surface area contributed by atoms with Crippen molar-refractivity contribution in [2.45, 2.75) is 32.1 Å². The van der Waals surface area contributed by atoms with E-state index in [2.05, 4.69) is 28.1 Å². The molecule has 0 spiro atoms. The third-order valence-corrected chi connectivity index (χ3v) is 6.87. The third kappa shape index (κ3) is 2.89. The fraction of sp³-hybridized carbons (Fsp3) is 0.333. The number of aryl methyl sites for hydroxylation is 1. The second-order valence-electron chi connectivity index (χ2n) is 7.20. The Morgan fingerprint density at radius 2 is 1.73 bits per heavy atom. The molecule has 0 aromatic heterocycles. The minimum atomic E-state index is -0.233. The molecule has 3 nitrogen and oxygen atoms in total. The first-order chi connectivity index (χ1) is 12.5. The van der Waals surface area contributed by atoms with Crippen LogP contribution in [0.4, 0.5) is 5.69 Å².